The monoisotopic (exact) mass is 282 g/mol. The first-order chi connectivity index (χ1) is 7.74. The molecule has 0 saturated carbocycles. The van der Waals surface area contributed by atoms with Crippen LogP contribution in [0.5, 0.6) is 5.75 Å². The smallest absolute Gasteiger partial charge is 0.135 e. The Labute approximate surface area is 101 Å². The number of benzene rings is 1. The third-order valence-corrected chi connectivity index (χ3v) is 2.80. The highest BCUT2D eigenvalue weighted by Crippen LogP contribution is 2.26. The average Bonchev–Trinajstić information content (AvgIpc) is 2.78. The standard InChI is InChI=1S/C10H11BrN4O/c1-16-10-4-8(2-3-9(10)11)15-6-7(5-12)13-14-15/h2-4,6H,5,12H2,1H3. The van der Waals surface area contributed by atoms with Gasteiger partial charge in [-0.1, -0.05) is 5.21 Å². The Hall–Kier alpha value is -1.40. The zero-order valence-electron chi connectivity index (χ0n) is 8.72. The second-order valence-electron chi connectivity index (χ2n) is 3.18. The lowest BCUT2D eigenvalue weighted by Crippen LogP contribution is -1.96. The number of halogens is 1. The van der Waals surface area contributed by atoms with Crippen LogP contribution in [0.15, 0.2) is 28.9 Å². The highest BCUT2D eigenvalue weighted by molar-refractivity contribution is 9.10. The van der Waals surface area contributed by atoms with E-state index in [4.69, 9.17) is 10.5 Å². The molecule has 1 aromatic heterocycles. The zero-order valence-corrected chi connectivity index (χ0v) is 10.3. The molecule has 2 aromatic rings. The molecule has 0 unspecified atom stereocenters. The van der Waals surface area contributed by atoms with Gasteiger partial charge in [-0.2, -0.15) is 0 Å². The molecule has 2 rings (SSSR count). The second-order valence-corrected chi connectivity index (χ2v) is 4.03. The zero-order chi connectivity index (χ0) is 11.5. The molecular weight excluding hydrogens is 272 g/mol. The van der Waals surface area contributed by atoms with Gasteiger partial charge in [-0.25, -0.2) is 4.68 Å². The summed E-state index contributed by atoms with van der Waals surface area (Å²) in [6, 6.07) is 5.69. The van der Waals surface area contributed by atoms with Gasteiger partial charge < -0.3 is 10.5 Å². The maximum absolute atomic E-state index is 5.47. The van der Waals surface area contributed by atoms with Gasteiger partial charge in [-0.3, -0.25) is 0 Å². The van der Waals surface area contributed by atoms with Gasteiger partial charge in [-0.15, -0.1) is 5.10 Å². The number of aromatic nitrogens is 3. The van der Waals surface area contributed by atoms with E-state index < -0.39 is 0 Å². The molecule has 0 fully saturated rings. The van der Waals surface area contributed by atoms with Crippen molar-refractivity contribution >= 4 is 15.9 Å². The molecule has 0 bridgehead atoms. The number of methoxy groups -OCH3 is 1. The Morgan fingerprint density at radius 3 is 2.94 bits per heavy atom. The highest BCUT2D eigenvalue weighted by Gasteiger charge is 2.05. The Bertz CT molecular complexity index is 497. The maximum Gasteiger partial charge on any atom is 0.135 e. The average molecular weight is 283 g/mol. The molecule has 5 nitrogen and oxygen atoms in total. The van der Waals surface area contributed by atoms with Crippen LogP contribution in [0.2, 0.25) is 0 Å². The van der Waals surface area contributed by atoms with Gasteiger partial charge in [0.2, 0.25) is 0 Å². The van der Waals surface area contributed by atoms with Crippen molar-refractivity contribution in [3.63, 3.8) is 0 Å². The van der Waals surface area contributed by atoms with Gasteiger partial charge in [0.05, 0.1) is 29.2 Å². The SMILES string of the molecule is COc1cc(-n2cc(CN)nn2)ccc1Br. The van der Waals surface area contributed by atoms with E-state index in [-0.39, 0.29) is 0 Å². The Morgan fingerprint density at radius 2 is 2.31 bits per heavy atom. The van der Waals surface area contributed by atoms with Crippen LogP contribution >= 0.6 is 15.9 Å². The minimum absolute atomic E-state index is 0.383. The van der Waals surface area contributed by atoms with E-state index >= 15 is 0 Å². The van der Waals surface area contributed by atoms with E-state index in [9.17, 15) is 0 Å². The predicted octanol–water partition coefficient (Wildman–Crippen LogP) is 1.50. The minimum Gasteiger partial charge on any atom is -0.495 e. The maximum atomic E-state index is 5.47. The van der Waals surface area contributed by atoms with Crippen LogP contribution in [0.1, 0.15) is 5.69 Å². The van der Waals surface area contributed by atoms with Crippen LogP contribution in [0.25, 0.3) is 5.69 Å². The van der Waals surface area contributed by atoms with Crippen LogP contribution in [-0.2, 0) is 6.54 Å². The van der Waals surface area contributed by atoms with Gasteiger partial charge in [0, 0.05) is 12.6 Å². The predicted molar refractivity (Wildman–Crippen MR) is 63.5 cm³/mol. The lowest BCUT2D eigenvalue weighted by atomic mass is 10.3. The van der Waals surface area contributed by atoms with E-state index in [1.54, 1.807) is 18.0 Å². The summed E-state index contributed by atoms with van der Waals surface area (Å²) in [7, 11) is 1.62. The third kappa shape index (κ3) is 2.07. The molecule has 0 aliphatic rings. The fourth-order valence-corrected chi connectivity index (χ4v) is 1.72. The normalized spacial score (nSPS) is 10.4. The summed E-state index contributed by atoms with van der Waals surface area (Å²) in [5.41, 5.74) is 7.11. The largest absolute Gasteiger partial charge is 0.495 e. The highest BCUT2D eigenvalue weighted by atomic mass is 79.9. The van der Waals surface area contributed by atoms with E-state index in [0.29, 0.717) is 6.54 Å². The second kappa shape index (κ2) is 4.63. The topological polar surface area (TPSA) is 66.0 Å². The quantitative estimate of drug-likeness (QED) is 0.927. The first-order valence-electron chi connectivity index (χ1n) is 4.70. The molecule has 1 heterocycles. The molecule has 84 valence electrons. The van der Waals surface area contributed by atoms with E-state index in [2.05, 4.69) is 26.2 Å². The van der Waals surface area contributed by atoms with Crippen molar-refractivity contribution in [2.45, 2.75) is 6.54 Å². The molecule has 1 aromatic carbocycles. The number of hydrogen-bond acceptors (Lipinski definition) is 4. The summed E-state index contributed by atoms with van der Waals surface area (Å²) >= 11 is 3.39. The molecule has 0 saturated heterocycles. The third-order valence-electron chi connectivity index (χ3n) is 2.15. The number of ether oxygens (including phenoxy) is 1. The molecule has 16 heavy (non-hydrogen) atoms. The first-order valence-corrected chi connectivity index (χ1v) is 5.49. The van der Waals surface area contributed by atoms with Gasteiger partial charge in [0.25, 0.3) is 0 Å². The number of nitrogens with zero attached hydrogens (tertiary/aromatic N) is 3. The summed E-state index contributed by atoms with van der Waals surface area (Å²) < 4.78 is 7.77. The summed E-state index contributed by atoms with van der Waals surface area (Å²) in [5.74, 6) is 0.752. The van der Waals surface area contributed by atoms with Gasteiger partial charge in [0.15, 0.2) is 0 Å². The summed E-state index contributed by atoms with van der Waals surface area (Å²) in [6.45, 7) is 0.383. The molecule has 0 aliphatic heterocycles. The Balaban J connectivity index is 2.40. The van der Waals surface area contributed by atoms with Crippen LogP contribution in [0.4, 0.5) is 0 Å². The molecule has 2 N–H and O–H groups in total. The van der Waals surface area contributed by atoms with Crippen molar-refractivity contribution in [3.05, 3.63) is 34.6 Å². The van der Waals surface area contributed by atoms with Crippen molar-refractivity contribution < 1.29 is 4.74 Å². The van der Waals surface area contributed by atoms with E-state index in [0.717, 1.165) is 21.6 Å². The van der Waals surface area contributed by atoms with Crippen LogP contribution in [-0.4, -0.2) is 22.1 Å². The van der Waals surface area contributed by atoms with E-state index in [1.807, 2.05) is 18.2 Å². The number of hydrogen-bond donors (Lipinski definition) is 1. The van der Waals surface area contributed by atoms with Crippen molar-refractivity contribution in [3.8, 4) is 11.4 Å². The molecule has 0 spiro atoms. The Morgan fingerprint density at radius 1 is 1.50 bits per heavy atom. The van der Waals surface area contributed by atoms with Crippen molar-refractivity contribution in [2.75, 3.05) is 7.11 Å². The number of rotatable bonds is 3. The fraction of sp³-hybridized carbons (Fsp3) is 0.200. The lowest BCUT2D eigenvalue weighted by molar-refractivity contribution is 0.412. The van der Waals surface area contributed by atoms with Gasteiger partial charge in [-0.05, 0) is 28.1 Å². The van der Waals surface area contributed by atoms with Crippen molar-refractivity contribution in [1.29, 1.82) is 0 Å². The Kier molecular flexibility index (Phi) is 3.21. The van der Waals surface area contributed by atoms with E-state index in [1.165, 1.54) is 0 Å². The van der Waals surface area contributed by atoms with Gasteiger partial charge in [0.1, 0.15) is 5.75 Å². The molecule has 6 heteroatoms. The first kappa shape index (κ1) is 11.1. The molecule has 0 amide bonds. The number of nitrogens with two attached hydrogens (primary N) is 1. The summed E-state index contributed by atoms with van der Waals surface area (Å²) in [6.07, 6.45) is 1.79. The lowest BCUT2D eigenvalue weighted by Gasteiger charge is -2.05. The van der Waals surface area contributed by atoms with Crippen LogP contribution in [0, 0.1) is 0 Å². The van der Waals surface area contributed by atoms with Crippen LogP contribution < -0.4 is 10.5 Å². The molecular formula is C10H11BrN4O. The molecule has 0 radical (unpaired) electrons. The van der Waals surface area contributed by atoms with Crippen LogP contribution in [0.3, 0.4) is 0 Å². The fourth-order valence-electron chi connectivity index (χ4n) is 1.31. The van der Waals surface area contributed by atoms with Crippen molar-refractivity contribution in [1.82, 2.24) is 15.0 Å². The van der Waals surface area contributed by atoms with Crippen molar-refractivity contribution in [2.24, 2.45) is 5.73 Å². The van der Waals surface area contributed by atoms with Gasteiger partial charge >= 0.3 is 0 Å². The summed E-state index contributed by atoms with van der Waals surface area (Å²) in [5, 5.41) is 7.90. The summed E-state index contributed by atoms with van der Waals surface area (Å²) in [4.78, 5) is 0. The molecule has 0 aliphatic carbocycles. The minimum atomic E-state index is 0.383. The molecule has 0 atom stereocenters.